The monoisotopic (exact) mass is 388 g/mol. The summed E-state index contributed by atoms with van der Waals surface area (Å²) in [6.07, 6.45) is -3.89. The summed E-state index contributed by atoms with van der Waals surface area (Å²) >= 11 is 3.30. The Labute approximate surface area is 128 Å². The third-order valence-electron chi connectivity index (χ3n) is 2.74. The van der Waals surface area contributed by atoms with Gasteiger partial charge in [-0.2, -0.15) is 31.0 Å². The third kappa shape index (κ3) is 4.83. The van der Waals surface area contributed by atoms with Crippen molar-refractivity contribution in [3.63, 3.8) is 0 Å². The SMILES string of the molecule is O=S(=O)(NCc1cc(Br)cc2c1OCC2)NCC(F)(F)F. The molecule has 1 heterocycles. The normalized spacial score (nSPS) is 14.9. The Morgan fingerprint density at radius 3 is 2.67 bits per heavy atom. The zero-order valence-corrected chi connectivity index (χ0v) is 13.0. The predicted octanol–water partition coefficient (Wildman–Crippen LogP) is 1.87. The average molecular weight is 389 g/mol. The molecule has 1 aromatic carbocycles. The summed E-state index contributed by atoms with van der Waals surface area (Å²) in [7, 11) is -4.23. The van der Waals surface area contributed by atoms with Crippen molar-refractivity contribution in [2.75, 3.05) is 13.2 Å². The quantitative estimate of drug-likeness (QED) is 0.808. The van der Waals surface area contributed by atoms with Gasteiger partial charge >= 0.3 is 6.18 Å². The number of hydrogen-bond acceptors (Lipinski definition) is 3. The molecule has 0 aromatic heterocycles. The van der Waals surface area contributed by atoms with Crippen molar-refractivity contribution in [1.82, 2.24) is 9.44 Å². The smallest absolute Gasteiger partial charge is 0.402 e. The molecule has 1 aliphatic rings. The van der Waals surface area contributed by atoms with Gasteiger partial charge in [-0.1, -0.05) is 15.9 Å². The first kappa shape index (κ1) is 16.5. The summed E-state index contributed by atoms with van der Waals surface area (Å²) in [4.78, 5) is 0. The highest BCUT2D eigenvalue weighted by atomic mass is 79.9. The molecule has 0 bridgehead atoms. The Kier molecular flexibility index (Phi) is 4.81. The molecule has 0 saturated carbocycles. The van der Waals surface area contributed by atoms with Gasteiger partial charge in [0.2, 0.25) is 0 Å². The van der Waals surface area contributed by atoms with Gasteiger partial charge < -0.3 is 4.74 Å². The van der Waals surface area contributed by atoms with Crippen LogP contribution < -0.4 is 14.2 Å². The van der Waals surface area contributed by atoms with Gasteiger partial charge in [0.25, 0.3) is 10.2 Å². The summed E-state index contributed by atoms with van der Waals surface area (Å²) in [5.74, 6) is 0.580. The van der Waals surface area contributed by atoms with Gasteiger partial charge in [-0.3, -0.25) is 0 Å². The first-order valence-corrected chi connectivity index (χ1v) is 8.19. The molecule has 1 aromatic rings. The van der Waals surface area contributed by atoms with Crippen molar-refractivity contribution in [3.8, 4) is 5.75 Å². The maximum atomic E-state index is 12.0. The molecule has 0 aliphatic carbocycles. The molecule has 5 nitrogen and oxygen atoms in total. The molecule has 2 rings (SSSR count). The maximum Gasteiger partial charge on any atom is 0.402 e. The van der Waals surface area contributed by atoms with Crippen LogP contribution in [0.1, 0.15) is 11.1 Å². The van der Waals surface area contributed by atoms with Crippen molar-refractivity contribution in [2.24, 2.45) is 0 Å². The summed E-state index contributed by atoms with van der Waals surface area (Å²) in [5.41, 5.74) is 1.50. The van der Waals surface area contributed by atoms with E-state index in [-0.39, 0.29) is 6.54 Å². The number of ether oxygens (including phenoxy) is 1. The van der Waals surface area contributed by atoms with E-state index in [0.29, 0.717) is 24.3 Å². The molecule has 10 heteroatoms. The highest BCUT2D eigenvalue weighted by Gasteiger charge is 2.29. The highest BCUT2D eigenvalue weighted by molar-refractivity contribution is 9.10. The molecule has 0 saturated heterocycles. The Hall–Kier alpha value is -0.840. The van der Waals surface area contributed by atoms with E-state index in [1.807, 2.05) is 6.07 Å². The number of hydrogen-bond donors (Lipinski definition) is 2. The second-order valence-electron chi connectivity index (χ2n) is 4.41. The van der Waals surface area contributed by atoms with E-state index >= 15 is 0 Å². The van der Waals surface area contributed by atoms with Gasteiger partial charge in [-0.25, -0.2) is 0 Å². The summed E-state index contributed by atoms with van der Waals surface area (Å²) < 4.78 is 68.6. The minimum absolute atomic E-state index is 0.158. The van der Waals surface area contributed by atoms with Crippen LogP contribution in [0.5, 0.6) is 5.75 Å². The Morgan fingerprint density at radius 1 is 1.29 bits per heavy atom. The van der Waals surface area contributed by atoms with E-state index in [9.17, 15) is 21.6 Å². The number of halogens is 4. The standard InChI is InChI=1S/C11H12BrF3N2O3S/c12-9-3-7-1-2-20-10(7)8(4-9)5-16-21(18,19)17-6-11(13,14)15/h3-4,16-17H,1-2,5-6H2. The Balaban J connectivity index is 2.03. The van der Waals surface area contributed by atoms with Gasteiger partial charge in [0.15, 0.2) is 0 Å². The van der Waals surface area contributed by atoms with Crippen LogP contribution in [0.15, 0.2) is 16.6 Å². The van der Waals surface area contributed by atoms with Crippen molar-refractivity contribution >= 4 is 26.1 Å². The lowest BCUT2D eigenvalue weighted by Gasteiger charge is -2.12. The fourth-order valence-electron chi connectivity index (χ4n) is 1.88. The average Bonchev–Trinajstić information content (AvgIpc) is 2.81. The van der Waals surface area contributed by atoms with Gasteiger partial charge in [-0.15, -0.1) is 0 Å². The Bertz CT molecular complexity index is 634. The van der Waals surface area contributed by atoms with Crippen LogP contribution >= 0.6 is 15.9 Å². The van der Waals surface area contributed by atoms with Crippen LogP contribution in [0.2, 0.25) is 0 Å². The number of benzene rings is 1. The summed E-state index contributed by atoms with van der Waals surface area (Å²) in [6, 6.07) is 3.53. The second kappa shape index (κ2) is 6.11. The van der Waals surface area contributed by atoms with Gasteiger partial charge in [0.1, 0.15) is 12.3 Å². The van der Waals surface area contributed by atoms with Crippen molar-refractivity contribution < 1.29 is 26.3 Å². The molecule has 118 valence electrons. The predicted molar refractivity (Wildman–Crippen MR) is 73.2 cm³/mol. The lowest BCUT2D eigenvalue weighted by Crippen LogP contribution is -2.41. The topological polar surface area (TPSA) is 67.4 Å². The van der Waals surface area contributed by atoms with Crippen LogP contribution in [0.4, 0.5) is 13.2 Å². The van der Waals surface area contributed by atoms with Gasteiger partial charge in [0.05, 0.1) is 6.61 Å². The summed E-state index contributed by atoms with van der Waals surface area (Å²) in [6.45, 7) is -1.28. The van der Waals surface area contributed by atoms with E-state index < -0.39 is 22.9 Å². The number of fused-ring (bicyclic) bond motifs is 1. The van der Waals surface area contributed by atoms with Crippen molar-refractivity contribution in [2.45, 2.75) is 19.1 Å². The molecule has 0 unspecified atom stereocenters. The number of nitrogens with one attached hydrogen (secondary N) is 2. The van der Waals surface area contributed by atoms with E-state index in [4.69, 9.17) is 4.74 Å². The zero-order chi connectivity index (χ0) is 15.7. The summed E-state index contributed by atoms with van der Waals surface area (Å²) in [5, 5.41) is 0. The zero-order valence-electron chi connectivity index (χ0n) is 10.6. The molecule has 21 heavy (non-hydrogen) atoms. The lowest BCUT2D eigenvalue weighted by molar-refractivity contribution is -0.121. The van der Waals surface area contributed by atoms with Crippen molar-refractivity contribution in [1.29, 1.82) is 0 Å². The van der Waals surface area contributed by atoms with Gasteiger partial charge in [-0.05, 0) is 17.7 Å². The molecular formula is C11H12BrF3N2O3S. The van der Waals surface area contributed by atoms with E-state index in [2.05, 4.69) is 20.7 Å². The van der Waals surface area contributed by atoms with Crippen molar-refractivity contribution in [3.05, 3.63) is 27.7 Å². The maximum absolute atomic E-state index is 12.0. The molecule has 1 aliphatic heterocycles. The second-order valence-corrected chi connectivity index (χ2v) is 6.91. The minimum Gasteiger partial charge on any atom is -0.493 e. The molecule has 2 N–H and O–H groups in total. The fourth-order valence-corrected chi connectivity index (χ4v) is 3.23. The number of rotatable bonds is 5. The molecule has 0 fully saturated rings. The van der Waals surface area contributed by atoms with Crippen LogP contribution in [0.3, 0.4) is 0 Å². The Morgan fingerprint density at radius 2 is 2.00 bits per heavy atom. The largest absolute Gasteiger partial charge is 0.493 e. The first-order valence-electron chi connectivity index (χ1n) is 5.91. The first-order chi connectivity index (χ1) is 9.66. The van der Waals surface area contributed by atoms with E-state index in [1.165, 1.54) is 4.72 Å². The van der Waals surface area contributed by atoms with Crippen LogP contribution in [-0.2, 0) is 23.2 Å². The number of alkyl halides is 3. The molecular weight excluding hydrogens is 377 g/mol. The molecule has 0 spiro atoms. The fraction of sp³-hybridized carbons (Fsp3) is 0.455. The van der Waals surface area contributed by atoms with Gasteiger partial charge in [0, 0.05) is 23.0 Å². The minimum atomic E-state index is -4.60. The molecule has 0 radical (unpaired) electrons. The van der Waals surface area contributed by atoms with Crippen LogP contribution in [-0.4, -0.2) is 27.7 Å². The third-order valence-corrected chi connectivity index (χ3v) is 4.25. The van der Waals surface area contributed by atoms with E-state index in [0.717, 1.165) is 10.0 Å². The highest BCUT2D eigenvalue weighted by Crippen LogP contribution is 2.32. The molecule has 0 amide bonds. The van der Waals surface area contributed by atoms with Crippen LogP contribution in [0, 0.1) is 0 Å². The van der Waals surface area contributed by atoms with E-state index in [1.54, 1.807) is 6.07 Å². The van der Waals surface area contributed by atoms with Crippen LogP contribution in [0.25, 0.3) is 0 Å². The molecule has 0 atom stereocenters. The lowest BCUT2D eigenvalue weighted by atomic mass is 10.1.